The van der Waals surface area contributed by atoms with Crippen molar-refractivity contribution in [1.82, 2.24) is 5.32 Å². The molecule has 1 unspecified atom stereocenters. The van der Waals surface area contributed by atoms with E-state index in [-0.39, 0.29) is 6.04 Å². The van der Waals surface area contributed by atoms with E-state index in [0.29, 0.717) is 0 Å². The van der Waals surface area contributed by atoms with Crippen LogP contribution in [0, 0.1) is 6.92 Å². The van der Waals surface area contributed by atoms with Crippen molar-refractivity contribution in [2.75, 3.05) is 23.0 Å². The molecule has 4 N–H and O–H groups in total. The van der Waals surface area contributed by atoms with Gasteiger partial charge in [0.15, 0.2) is 0 Å². The minimum absolute atomic E-state index is 0.185. The normalized spacial score (nSPS) is 15.5. The third-order valence-electron chi connectivity index (χ3n) is 9.88. The quantitative estimate of drug-likeness (QED) is 0.108. The second kappa shape index (κ2) is 18.0. The molecule has 6 heteroatoms. The third kappa shape index (κ3) is 10.4. The zero-order chi connectivity index (χ0) is 39.5. The fourth-order valence-electron chi connectivity index (χ4n) is 6.64. The van der Waals surface area contributed by atoms with Crippen LogP contribution in [0.4, 0.5) is 39.8 Å². The highest BCUT2D eigenvalue weighted by atomic mass is 14.9. The second-order valence-corrected chi connectivity index (χ2v) is 14.4. The monoisotopic (exact) mass is 754 g/mol. The fraction of sp³-hybridized carbons (Fsp3) is 0.0769. The van der Waals surface area contributed by atoms with Crippen molar-refractivity contribution >= 4 is 63.4 Å². The van der Waals surface area contributed by atoms with Gasteiger partial charge in [-0.3, -0.25) is 4.99 Å². The fourth-order valence-corrected chi connectivity index (χ4v) is 6.64. The van der Waals surface area contributed by atoms with E-state index in [1.807, 2.05) is 19.2 Å². The first kappa shape index (κ1) is 37.5. The molecule has 0 saturated carbocycles. The number of likely N-dealkylation sites (N-methyl/N-ethyl adjacent to an activating group) is 1. The lowest BCUT2D eigenvalue weighted by Gasteiger charge is -2.13. The van der Waals surface area contributed by atoms with Crippen molar-refractivity contribution in [2.24, 2.45) is 9.98 Å². The van der Waals surface area contributed by atoms with Gasteiger partial charge >= 0.3 is 0 Å². The molecule has 0 aliphatic heterocycles. The van der Waals surface area contributed by atoms with E-state index in [4.69, 9.17) is 9.98 Å². The highest BCUT2D eigenvalue weighted by molar-refractivity contribution is 6.08. The van der Waals surface area contributed by atoms with Crippen molar-refractivity contribution in [3.05, 3.63) is 222 Å². The predicted molar refractivity (Wildman–Crippen MR) is 249 cm³/mol. The minimum Gasteiger partial charge on any atom is -0.388 e. The molecule has 5 aromatic rings. The van der Waals surface area contributed by atoms with Crippen molar-refractivity contribution in [3.63, 3.8) is 0 Å². The first-order valence-electron chi connectivity index (χ1n) is 19.6. The van der Waals surface area contributed by atoms with Crippen molar-refractivity contribution in [3.8, 4) is 0 Å². The van der Waals surface area contributed by atoms with Gasteiger partial charge in [0.1, 0.15) is 0 Å². The van der Waals surface area contributed by atoms with Gasteiger partial charge < -0.3 is 21.3 Å². The summed E-state index contributed by atoms with van der Waals surface area (Å²) in [5.41, 5.74) is 16.0. The van der Waals surface area contributed by atoms with Gasteiger partial charge in [-0.05, 0) is 163 Å². The molecule has 3 aliphatic carbocycles. The number of rotatable bonds is 11. The molecule has 0 aromatic heterocycles. The summed E-state index contributed by atoms with van der Waals surface area (Å²) in [7, 11) is 1.94. The topological polar surface area (TPSA) is 72.8 Å². The zero-order valence-electron chi connectivity index (χ0n) is 32.7. The van der Waals surface area contributed by atoms with E-state index in [2.05, 4.69) is 216 Å². The van der Waals surface area contributed by atoms with Crippen LogP contribution in [0.5, 0.6) is 0 Å². The molecule has 0 spiro atoms. The number of nitrogens with one attached hydrogen (secondary N) is 4. The maximum Gasteiger partial charge on any atom is 0.0726 e. The third-order valence-corrected chi connectivity index (χ3v) is 9.88. The van der Waals surface area contributed by atoms with Crippen LogP contribution in [0.2, 0.25) is 0 Å². The van der Waals surface area contributed by atoms with Gasteiger partial charge in [-0.15, -0.1) is 0 Å². The molecular weight excluding hydrogens is 709 g/mol. The van der Waals surface area contributed by atoms with Crippen molar-refractivity contribution < 1.29 is 0 Å². The summed E-state index contributed by atoms with van der Waals surface area (Å²) < 4.78 is 0. The van der Waals surface area contributed by atoms with E-state index in [0.717, 1.165) is 85.6 Å². The Labute approximate surface area is 341 Å². The highest BCUT2D eigenvalue weighted by Crippen LogP contribution is 2.26. The summed E-state index contributed by atoms with van der Waals surface area (Å²) in [6.45, 7) is 2.10. The number of aryl methyl sites for hydroxylation is 1. The Morgan fingerprint density at radius 2 is 0.897 bits per heavy atom. The van der Waals surface area contributed by atoms with Crippen LogP contribution < -0.4 is 21.3 Å². The Kier molecular flexibility index (Phi) is 11.6. The molecule has 3 aliphatic rings. The lowest BCUT2D eigenvalue weighted by Crippen LogP contribution is -2.12. The molecular formula is C52H46N6. The molecule has 0 bridgehead atoms. The summed E-state index contributed by atoms with van der Waals surface area (Å²) in [4.78, 5) is 9.69. The number of aliphatic imine (C=N–C) groups is 2. The molecule has 1 atom stereocenters. The molecule has 8 rings (SSSR count). The predicted octanol–water partition coefficient (Wildman–Crippen LogP) is 12.9. The molecule has 5 aromatic carbocycles. The number of hydrogen-bond acceptors (Lipinski definition) is 6. The average molecular weight is 755 g/mol. The van der Waals surface area contributed by atoms with E-state index in [1.165, 1.54) is 5.56 Å². The van der Waals surface area contributed by atoms with Crippen LogP contribution in [-0.4, -0.2) is 24.5 Å². The van der Waals surface area contributed by atoms with Gasteiger partial charge in [0.2, 0.25) is 0 Å². The summed E-state index contributed by atoms with van der Waals surface area (Å²) in [6, 6.07) is 42.0. The van der Waals surface area contributed by atoms with E-state index < -0.39 is 0 Å². The molecule has 0 heterocycles. The Morgan fingerprint density at radius 3 is 1.33 bits per heavy atom. The molecule has 284 valence electrons. The van der Waals surface area contributed by atoms with Gasteiger partial charge in [0, 0.05) is 46.9 Å². The Balaban J connectivity index is 0.793. The second-order valence-electron chi connectivity index (χ2n) is 14.4. The van der Waals surface area contributed by atoms with Crippen LogP contribution in [-0.2, 0) is 0 Å². The number of nitrogens with zero attached hydrogens (tertiary/aromatic N) is 2. The lowest BCUT2D eigenvalue weighted by molar-refractivity contribution is 0.806. The summed E-state index contributed by atoms with van der Waals surface area (Å²) in [5.74, 6) is 0. The summed E-state index contributed by atoms with van der Waals surface area (Å²) in [6.07, 6.45) is 28.4. The lowest BCUT2D eigenvalue weighted by atomic mass is 10.0. The van der Waals surface area contributed by atoms with E-state index in [9.17, 15) is 0 Å². The SMILES string of the molecule is CNC1=CCC(N=C2C=CC(=Cc3ccc(Nc4ccc(Nc5ccc(N=C6C=CC(=Cc7ccc(Nc8ccc(C)cc8)cc7)C=C6)cc5)cc4)cc3)C=C2)C=C1. The zero-order valence-corrected chi connectivity index (χ0v) is 32.7. The van der Waals surface area contributed by atoms with E-state index in [1.54, 1.807) is 0 Å². The molecule has 6 nitrogen and oxygen atoms in total. The number of hydrogen-bond donors (Lipinski definition) is 4. The largest absolute Gasteiger partial charge is 0.388 e. The molecule has 0 saturated heterocycles. The minimum atomic E-state index is 0.185. The van der Waals surface area contributed by atoms with Crippen LogP contribution in [0.15, 0.2) is 215 Å². The number of benzene rings is 5. The van der Waals surface area contributed by atoms with Crippen molar-refractivity contribution in [2.45, 2.75) is 19.4 Å². The van der Waals surface area contributed by atoms with Gasteiger partial charge in [-0.25, -0.2) is 4.99 Å². The summed E-state index contributed by atoms with van der Waals surface area (Å²) in [5, 5.41) is 13.6. The van der Waals surface area contributed by atoms with Gasteiger partial charge in [-0.1, -0.05) is 78.4 Å². The molecule has 0 radical (unpaired) electrons. The Hall–Kier alpha value is -7.44. The molecule has 58 heavy (non-hydrogen) atoms. The van der Waals surface area contributed by atoms with E-state index >= 15 is 0 Å². The average Bonchev–Trinajstić information content (AvgIpc) is 3.26. The first-order valence-corrected chi connectivity index (χ1v) is 19.6. The van der Waals surface area contributed by atoms with Gasteiger partial charge in [-0.2, -0.15) is 0 Å². The standard InChI is InChI=1S/C52H46N6/c1-37-3-13-43(14-4-37)54-44-15-5-38(6-16-44)35-40-9-19-46(20-10-40)56-49-27-31-51(32-28-49)58-52-33-29-50(30-34-52)57-47-21-11-41(12-22-47)36-39-7-17-45(18-8-39)55-48-25-23-42(53-2)24-26-48/h3-25,27-36,48,53-54,57-58H,26H2,1-2H3. The number of anilines is 6. The molecule has 0 fully saturated rings. The Morgan fingerprint density at radius 1 is 0.483 bits per heavy atom. The molecule has 0 amide bonds. The highest BCUT2D eigenvalue weighted by Gasteiger charge is 2.08. The van der Waals surface area contributed by atoms with Crippen LogP contribution in [0.3, 0.4) is 0 Å². The maximum atomic E-state index is 4.86. The van der Waals surface area contributed by atoms with Crippen LogP contribution >= 0.6 is 0 Å². The van der Waals surface area contributed by atoms with Gasteiger partial charge in [0.05, 0.1) is 23.2 Å². The van der Waals surface area contributed by atoms with Crippen LogP contribution in [0.1, 0.15) is 23.1 Å². The summed E-state index contributed by atoms with van der Waals surface area (Å²) >= 11 is 0. The Bertz CT molecular complexity index is 2500. The van der Waals surface area contributed by atoms with Crippen LogP contribution in [0.25, 0.3) is 12.2 Å². The van der Waals surface area contributed by atoms with Gasteiger partial charge in [0.25, 0.3) is 0 Å². The smallest absolute Gasteiger partial charge is 0.0726 e. The maximum absolute atomic E-state index is 4.86. The number of allylic oxidation sites excluding steroid dienone is 11. The van der Waals surface area contributed by atoms with Crippen molar-refractivity contribution in [1.29, 1.82) is 0 Å². The first-order chi connectivity index (χ1) is 28.5.